The lowest BCUT2D eigenvalue weighted by atomic mass is 9.98. The number of carbonyl (C=O) groups excluding carboxylic acids is 1. The molecule has 0 bridgehead atoms. The first-order chi connectivity index (χ1) is 14.7. The molecule has 1 heterocycles. The Kier molecular flexibility index (Phi) is 5.61. The molecule has 30 heavy (non-hydrogen) atoms. The van der Waals surface area contributed by atoms with Gasteiger partial charge < -0.3 is 10.1 Å². The molecule has 4 rings (SSSR count). The van der Waals surface area contributed by atoms with Crippen LogP contribution in [-0.4, -0.2) is 22.8 Å². The van der Waals surface area contributed by atoms with E-state index in [2.05, 4.69) is 10.4 Å². The lowest BCUT2D eigenvalue weighted by molar-refractivity contribution is 0.0937. The Morgan fingerprint density at radius 3 is 2.13 bits per heavy atom. The van der Waals surface area contributed by atoms with Gasteiger partial charge in [0.25, 0.3) is 5.91 Å². The van der Waals surface area contributed by atoms with Crippen LogP contribution in [0.1, 0.15) is 33.4 Å². The molecule has 0 radical (unpaired) electrons. The summed E-state index contributed by atoms with van der Waals surface area (Å²) in [5, 5.41) is 7.67. The second-order valence-corrected chi connectivity index (χ2v) is 7.01. The predicted octanol–water partition coefficient (Wildman–Crippen LogP) is 4.71. The summed E-state index contributed by atoms with van der Waals surface area (Å²) in [4.78, 5) is 13.1. The van der Waals surface area contributed by atoms with E-state index in [0.717, 1.165) is 28.3 Å². The van der Waals surface area contributed by atoms with Crippen molar-refractivity contribution in [2.24, 2.45) is 0 Å². The number of para-hydroxylation sites is 1. The fraction of sp³-hybridized carbons (Fsp3) is 0.120. The SMILES string of the molecule is COc1ccc(C(NC(=O)c2cc(C)n(-c3ccccc3)n2)c2ccccc2)cc1. The lowest BCUT2D eigenvalue weighted by Gasteiger charge is -2.19. The van der Waals surface area contributed by atoms with Crippen molar-refractivity contribution in [1.29, 1.82) is 0 Å². The lowest BCUT2D eigenvalue weighted by Crippen LogP contribution is -2.29. The first-order valence-electron chi connectivity index (χ1n) is 9.77. The average Bonchev–Trinajstić information content (AvgIpc) is 3.20. The normalized spacial score (nSPS) is 11.7. The Balaban J connectivity index is 1.64. The van der Waals surface area contributed by atoms with Gasteiger partial charge in [-0.1, -0.05) is 60.7 Å². The molecule has 0 aliphatic heterocycles. The largest absolute Gasteiger partial charge is 0.497 e. The van der Waals surface area contributed by atoms with Gasteiger partial charge in [0.2, 0.25) is 0 Å². The predicted molar refractivity (Wildman–Crippen MR) is 117 cm³/mol. The van der Waals surface area contributed by atoms with Gasteiger partial charge in [0.15, 0.2) is 5.69 Å². The highest BCUT2D eigenvalue weighted by atomic mass is 16.5. The number of aromatic nitrogens is 2. The first kappa shape index (κ1) is 19.5. The highest BCUT2D eigenvalue weighted by molar-refractivity contribution is 5.93. The molecule has 0 spiro atoms. The number of nitrogens with zero attached hydrogens (tertiary/aromatic N) is 2. The van der Waals surface area contributed by atoms with E-state index in [4.69, 9.17) is 4.74 Å². The molecule has 1 unspecified atom stereocenters. The van der Waals surface area contributed by atoms with Gasteiger partial charge in [0.1, 0.15) is 5.75 Å². The van der Waals surface area contributed by atoms with Crippen LogP contribution in [0.5, 0.6) is 5.75 Å². The summed E-state index contributed by atoms with van der Waals surface area (Å²) < 4.78 is 7.04. The molecule has 0 aliphatic rings. The molecule has 0 saturated carbocycles. The molecular weight excluding hydrogens is 374 g/mol. The zero-order valence-electron chi connectivity index (χ0n) is 16.9. The standard InChI is InChI=1S/C25H23N3O2/c1-18-17-23(27-28(18)21-11-7-4-8-12-21)25(29)26-24(19-9-5-3-6-10-19)20-13-15-22(30-2)16-14-20/h3-17,24H,1-2H3,(H,26,29). The number of ether oxygens (including phenoxy) is 1. The van der Waals surface area contributed by atoms with Crippen LogP contribution < -0.4 is 10.1 Å². The number of hydrogen-bond donors (Lipinski definition) is 1. The van der Waals surface area contributed by atoms with Crippen molar-refractivity contribution in [1.82, 2.24) is 15.1 Å². The van der Waals surface area contributed by atoms with Gasteiger partial charge in [-0.3, -0.25) is 4.79 Å². The Bertz CT molecular complexity index is 1120. The molecule has 0 aliphatic carbocycles. The minimum atomic E-state index is -0.299. The highest BCUT2D eigenvalue weighted by Crippen LogP contribution is 2.25. The van der Waals surface area contributed by atoms with Crippen LogP contribution in [-0.2, 0) is 0 Å². The third kappa shape index (κ3) is 4.10. The number of nitrogens with one attached hydrogen (secondary N) is 1. The van der Waals surface area contributed by atoms with Crippen molar-refractivity contribution >= 4 is 5.91 Å². The van der Waals surface area contributed by atoms with Gasteiger partial charge in [0.05, 0.1) is 18.8 Å². The van der Waals surface area contributed by atoms with Gasteiger partial charge in [-0.25, -0.2) is 4.68 Å². The van der Waals surface area contributed by atoms with Crippen LogP contribution >= 0.6 is 0 Å². The molecule has 0 fully saturated rings. The Hall–Kier alpha value is -3.86. The molecular formula is C25H23N3O2. The third-order valence-electron chi connectivity index (χ3n) is 4.98. The van der Waals surface area contributed by atoms with Crippen molar-refractivity contribution in [2.75, 3.05) is 7.11 Å². The summed E-state index contributed by atoms with van der Waals surface area (Å²) in [7, 11) is 1.64. The zero-order valence-corrected chi connectivity index (χ0v) is 16.9. The fourth-order valence-corrected chi connectivity index (χ4v) is 3.42. The maximum absolute atomic E-state index is 13.1. The minimum absolute atomic E-state index is 0.225. The molecule has 5 nitrogen and oxygen atoms in total. The van der Waals surface area contributed by atoms with Crippen molar-refractivity contribution in [2.45, 2.75) is 13.0 Å². The number of methoxy groups -OCH3 is 1. The van der Waals surface area contributed by atoms with Gasteiger partial charge in [-0.2, -0.15) is 5.10 Å². The van der Waals surface area contributed by atoms with Crippen molar-refractivity contribution in [3.8, 4) is 11.4 Å². The summed E-state index contributed by atoms with van der Waals surface area (Å²) in [5.74, 6) is 0.548. The summed E-state index contributed by atoms with van der Waals surface area (Å²) in [6, 6.07) is 28.9. The van der Waals surface area contributed by atoms with Crippen LogP contribution in [0.4, 0.5) is 0 Å². The van der Waals surface area contributed by atoms with E-state index in [1.165, 1.54) is 0 Å². The molecule has 1 N–H and O–H groups in total. The third-order valence-corrected chi connectivity index (χ3v) is 4.98. The van der Waals surface area contributed by atoms with Gasteiger partial charge in [-0.05, 0) is 48.4 Å². The van der Waals surface area contributed by atoms with Crippen molar-refractivity contribution < 1.29 is 9.53 Å². The van der Waals surface area contributed by atoms with E-state index in [0.29, 0.717) is 5.69 Å². The summed E-state index contributed by atoms with van der Waals surface area (Å²) in [6.45, 7) is 1.94. The monoisotopic (exact) mass is 397 g/mol. The van der Waals surface area contributed by atoms with Gasteiger partial charge in [0, 0.05) is 5.69 Å². The van der Waals surface area contributed by atoms with Gasteiger partial charge in [-0.15, -0.1) is 0 Å². The molecule has 5 heteroatoms. The Labute approximate surface area is 175 Å². The molecule has 4 aromatic rings. The number of amides is 1. The highest BCUT2D eigenvalue weighted by Gasteiger charge is 2.20. The van der Waals surface area contributed by atoms with E-state index >= 15 is 0 Å². The molecule has 1 amide bonds. The van der Waals surface area contributed by atoms with Gasteiger partial charge >= 0.3 is 0 Å². The second kappa shape index (κ2) is 8.66. The number of hydrogen-bond acceptors (Lipinski definition) is 3. The van der Waals surface area contributed by atoms with Crippen LogP contribution in [0.2, 0.25) is 0 Å². The number of benzene rings is 3. The van der Waals surface area contributed by atoms with Crippen molar-refractivity contribution in [3.05, 3.63) is 114 Å². The van der Waals surface area contributed by atoms with E-state index in [1.54, 1.807) is 17.9 Å². The smallest absolute Gasteiger partial charge is 0.272 e. The Morgan fingerprint density at radius 1 is 0.900 bits per heavy atom. The van der Waals surface area contributed by atoms with Crippen molar-refractivity contribution in [3.63, 3.8) is 0 Å². The molecule has 150 valence electrons. The van der Waals surface area contributed by atoms with Crippen LogP contribution in [0.3, 0.4) is 0 Å². The van der Waals surface area contributed by atoms with Crippen LogP contribution in [0, 0.1) is 6.92 Å². The average molecular weight is 397 g/mol. The molecule has 0 saturated heterocycles. The zero-order chi connectivity index (χ0) is 20.9. The van der Waals surface area contributed by atoms with E-state index in [1.807, 2.05) is 91.9 Å². The number of aryl methyl sites for hydroxylation is 1. The summed E-state index contributed by atoms with van der Waals surface area (Å²) in [5.41, 5.74) is 4.16. The second-order valence-electron chi connectivity index (χ2n) is 7.01. The van der Waals surface area contributed by atoms with E-state index in [-0.39, 0.29) is 11.9 Å². The fourth-order valence-electron chi connectivity index (χ4n) is 3.42. The van der Waals surface area contributed by atoms with E-state index in [9.17, 15) is 4.79 Å². The quantitative estimate of drug-likeness (QED) is 0.513. The summed E-state index contributed by atoms with van der Waals surface area (Å²) >= 11 is 0. The maximum atomic E-state index is 13.1. The molecule has 1 atom stereocenters. The van der Waals surface area contributed by atoms with Crippen LogP contribution in [0.25, 0.3) is 5.69 Å². The van der Waals surface area contributed by atoms with Crippen LogP contribution in [0.15, 0.2) is 91.0 Å². The molecule has 3 aromatic carbocycles. The molecule has 1 aromatic heterocycles. The first-order valence-corrected chi connectivity index (χ1v) is 9.77. The minimum Gasteiger partial charge on any atom is -0.497 e. The number of carbonyl (C=O) groups is 1. The number of rotatable bonds is 6. The maximum Gasteiger partial charge on any atom is 0.272 e. The topological polar surface area (TPSA) is 56.1 Å². The Morgan fingerprint density at radius 2 is 1.50 bits per heavy atom. The summed E-state index contributed by atoms with van der Waals surface area (Å²) in [6.07, 6.45) is 0. The van der Waals surface area contributed by atoms with E-state index < -0.39 is 0 Å².